The van der Waals surface area contributed by atoms with Gasteiger partial charge in [-0.3, -0.25) is 20.2 Å². The molecule has 1 fully saturated rings. The summed E-state index contributed by atoms with van der Waals surface area (Å²) >= 11 is 0. The van der Waals surface area contributed by atoms with E-state index < -0.39 is 24.1 Å². The summed E-state index contributed by atoms with van der Waals surface area (Å²) in [6.07, 6.45) is -1.17. The number of hydrogen-bond donors (Lipinski definition) is 2. The number of carbonyl (C=O) groups is 3. The van der Waals surface area contributed by atoms with Gasteiger partial charge in [0, 0.05) is 6.92 Å². The summed E-state index contributed by atoms with van der Waals surface area (Å²) in [7, 11) is 0. The maximum Gasteiger partial charge on any atom is 0.324 e. The number of nitrogens with one attached hydrogen (secondary N) is 2. The standard InChI is InChI=1S/C5H6N2O4/c1-2(8)11-4-3(9)6-5(10)7-4/h4H,1H3,(H2,6,7,9,10). The van der Waals surface area contributed by atoms with Gasteiger partial charge in [-0.2, -0.15) is 0 Å². The molecule has 0 aromatic carbocycles. The second kappa shape index (κ2) is 2.57. The van der Waals surface area contributed by atoms with Gasteiger partial charge in [-0.1, -0.05) is 0 Å². The first-order chi connectivity index (χ1) is 5.09. The van der Waals surface area contributed by atoms with Crippen molar-refractivity contribution in [1.29, 1.82) is 0 Å². The second-order valence-corrected chi connectivity index (χ2v) is 1.95. The topological polar surface area (TPSA) is 84.5 Å². The van der Waals surface area contributed by atoms with Crippen LogP contribution in [0.5, 0.6) is 0 Å². The number of ether oxygens (including phenoxy) is 1. The first-order valence-corrected chi connectivity index (χ1v) is 2.88. The van der Waals surface area contributed by atoms with Gasteiger partial charge in [0.2, 0.25) is 0 Å². The zero-order valence-electron chi connectivity index (χ0n) is 5.71. The third-order valence-corrected chi connectivity index (χ3v) is 1.02. The first-order valence-electron chi connectivity index (χ1n) is 2.88. The number of urea groups is 1. The lowest BCUT2D eigenvalue weighted by molar-refractivity contribution is -0.152. The minimum Gasteiger partial charge on any atom is -0.432 e. The first kappa shape index (κ1) is 7.52. The molecule has 0 aromatic rings. The molecule has 60 valence electrons. The molecule has 1 atom stereocenters. The SMILES string of the molecule is CC(=O)OC1NC(=O)NC1=O. The van der Waals surface area contributed by atoms with Crippen molar-refractivity contribution in [3.63, 3.8) is 0 Å². The molecule has 3 amide bonds. The van der Waals surface area contributed by atoms with Gasteiger partial charge < -0.3 is 4.74 Å². The molecular formula is C5H6N2O4. The molecule has 11 heavy (non-hydrogen) atoms. The van der Waals surface area contributed by atoms with Crippen LogP contribution in [0.15, 0.2) is 0 Å². The van der Waals surface area contributed by atoms with Crippen LogP contribution in [0.4, 0.5) is 4.79 Å². The van der Waals surface area contributed by atoms with E-state index in [1.807, 2.05) is 5.32 Å². The highest BCUT2D eigenvalue weighted by Crippen LogP contribution is 1.94. The third-order valence-electron chi connectivity index (χ3n) is 1.02. The van der Waals surface area contributed by atoms with E-state index in [2.05, 4.69) is 10.1 Å². The van der Waals surface area contributed by atoms with Gasteiger partial charge in [-0.25, -0.2) is 4.79 Å². The quantitative estimate of drug-likeness (QED) is 0.367. The monoisotopic (exact) mass is 158 g/mol. The van der Waals surface area contributed by atoms with Crippen molar-refractivity contribution < 1.29 is 19.1 Å². The molecule has 0 aromatic heterocycles. The number of amides is 3. The predicted molar refractivity (Wildman–Crippen MR) is 32.2 cm³/mol. The molecule has 1 aliphatic rings. The Labute approximate surface area is 61.9 Å². The Morgan fingerprint density at radius 2 is 2.18 bits per heavy atom. The highest BCUT2D eigenvalue weighted by molar-refractivity contribution is 6.03. The summed E-state index contributed by atoms with van der Waals surface area (Å²) in [4.78, 5) is 31.4. The van der Waals surface area contributed by atoms with Crippen molar-refractivity contribution in [1.82, 2.24) is 10.6 Å². The molecule has 2 N–H and O–H groups in total. The fraction of sp³-hybridized carbons (Fsp3) is 0.400. The molecule has 1 aliphatic heterocycles. The van der Waals surface area contributed by atoms with Crippen LogP contribution in [0.2, 0.25) is 0 Å². The van der Waals surface area contributed by atoms with Crippen LogP contribution in [-0.2, 0) is 14.3 Å². The second-order valence-electron chi connectivity index (χ2n) is 1.95. The number of esters is 1. The molecule has 0 bridgehead atoms. The van der Waals surface area contributed by atoms with E-state index in [0.717, 1.165) is 6.92 Å². The fourth-order valence-electron chi connectivity index (χ4n) is 0.647. The lowest BCUT2D eigenvalue weighted by Gasteiger charge is -2.05. The molecule has 1 heterocycles. The minimum absolute atomic E-state index is 0.618. The molecule has 1 saturated heterocycles. The maximum atomic E-state index is 10.6. The van der Waals surface area contributed by atoms with Gasteiger partial charge in [-0.05, 0) is 0 Å². The van der Waals surface area contributed by atoms with Gasteiger partial charge >= 0.3 is 12.0 Å². The Morgan fingerprint density at radius 3 is 2.55 bits per heavy atom. The Hall–Kier alpha value is -1.59. The summed E-state index contributed by atoms with van der Waals surface area (Å²) in [6.45, 7) is 1.15. The van der Waals surface area contributed by atoms with Crippen molar-refractivity contribution in [2.24, 2.45) is 0 Å². The van der Waals surface area contributed by atoms with E-state index >= 15 is 0 Å². The van der Waals surface area contributed by atoms with Gasteiger partial charge in [-0.15, -0.1) is 0 Å². The molecule has 6 nitrogen and oxygen atoms in total. The molecular weight excluding hydrogens is 152 g/mol. The summed E-state index contributed by atoms with van der Waals surface area (Å²) in [5.74, 6) is -1.27. The minimum atomic E-state index is -1.17. The van der Waals surface area contributed by atoms with E-state index in [4.69, 9.17) is 0 Å². The van der Waals surface area contributed by atoms with E-state index in [0.29, 0.717) is 0 Å². The summed E-state index contributed by atoms with van der Waals surface area (Å²) in [6, 6.07) is -0.652. The Kier molecular flexibility index (Phi) is 1.75. The van der Waals surface area contributed by atoms with E-state index in [-0.39, 0.29) is 0 Å². The lowest BCUT2D eigenvalue weighted by atomic mass is 10.5. The van der Waals surface area contributed by atoms with Crippen LogP contribution >= 0.6 is 0 Å². The van der Waals surface area contributed by atoms with Crippen molar-refractivity contribution in [2.75, 3.05) is 0 Å². The Bertz CT molecular complexity index is 225. The average Bonchev–Trinajstić information content (AvgIpc) is 2.09. The highest BCUT2D eigenvalue weighted by atomic mass is 16.6. The van der Waals surface area contributed by atoms with E-state index in [1.165, 1.54) is 0 Å². The number of imide groups is 1. The number of carbonyl (C=O) groups excluding carboxylic acids is 3. The van der Waals surface area contributed by atoms with Crippen molar-refractivity contribution in [3.05, 3.63) is 0 Å². The smallest absolute Gasteiger partial charge is 0.324 e. The zero-order valence-corrected chi connectivity index (χ0v) is 5.71. The van der Waals surface area contributed by atoms with Crippen LogP contribution in [0, 0.1) is 0 Å². The fourth-order valence-corrected chi connectivity index (χ4v) is 0.647. The molecule has 1 rings (SSSR count). The van der Waals surface area contributed by atoms with Gasteiger partial charge in [0.15, 0.2) is 0 Å². The summed E-state index contributed by atoms with van der Waals surface area (Å²) < 4.78 is 4.41. The molecule has 0 saturated carbocycles. The highest BCUT2D eigenvalue weighted by Gasteiger charge is 2.31. The van der Waals surface area contributed by atoms with Gasteiger partial charge in [0.25, 0.3) is 12.1 Å². The normalized spacial score (nSPS) is 22.5. The molecule has 6 heteroatoms. The number of hydrogen-bond acceptors (Lipinski definition) is 4. The summed E-state index contributed by atoms with van der Waals surface area (Å²) in [5.41, 5.74) is 0. The largest absolute Gasteiger partial charge is 0.432 e. The maximum absolute atomic E-state index is 10.6. The number of rotatable bonds is 1. The molecule has 1 unspecified atom stereocenters. The van der Waals surface area contributed by atoms with Crippen molar-refractivity contribution in [3.8, 4) is 0 Å². The predicted octanol–water partition coefficient (Wildman–Crippen LogP) is -1.28. The summed E-state index contributed by atoms with van der Waals surface area (Å²) in [5, 5.41) is 4.00. The van der Waals surface area contributed by atoms with Crippen LogP contribution in [0.3, 0.4) is 0 Å². The molecule has 0 aliphatic carbocycles. The Balaban J connectivity index is 2.53. The third kappa shape index (κ3) is 1.66. The van der Waals surface area contributed by atoms with E-state index in [9.17, 15) is 14.4 Å². The van der Waals surface area contributed by atoms with Crippen molar-refractivity contribution >= 4 is 17.9 Å². The van der Waals surface area contributed by atoms with Crippen LogP contribution in [0.1, 0.15) is 6.92 Å². The van der Waals surface area contributed by atoms with Crippen LogP contribution in [0.25, 0.3) is 0 Å². The average molecular weight is 158 g/mol. The van der Waals surface area contributed by atoms with Crippen molar-refractivity contribution in [2.45, 2.75) is 13.2 Å². The van der Waals surface area contributed by atoms with Crippen LogP contribution in [-0.4, -0.2) is 24.1 Å². The van der Waals surface area contributed by atoms with Crippen LogP contribution < -0.4 is 10.6 Å². The molecule has 0 spiro atoms. The molecule has 0 radical (unpaired) electrons. The Morgan fingerprint density at radius 1 is 1.55 bits per heavy atom. The van der Waals surface area contributed by atoms with Gasteiger partial charge in [0.1, 0.15) is 0 Å². The zero-order chi connectivity index (χ0) is 8.43. The van der Waals surface area contributed by atoms with E-state index in [1.54, 1.807) is 0 Å². The lowest BCUT2D eigenvalue weighted by Crippen LogP contribution is -2.33. The van der Waals surface area contributed by atoms with Gasteiger partial charge in [0.05, 0.1) is 0 Å².